The molecule has 144 valence electrons. The van der Waals surface area contributed by atoms with Gasteiger partial charge in [0, 0.05) is 40.4 Å². The van der Waals surface area contributed by atoms with Crippen molar-refractivity contribution in [1.82, 2.24) is 16.0 Å². The van der Waals surface area contributed by atoms with E-state index in [0.717, 1.165) is 19.6 Å². The molecule has 2 rings (SSSR count). The van der Waals surface area contributed by atoms with Gasteiger partial charge in [-0.15, -0.1) is 0 Å². The zero-order valence-corrected chi connectivity index (χ0v) is 15.6. The Kier molecular flexibility index (Phi) is 7.84. The van der Waals surface area contributed by atoms with E-state index in [9.17, 15) is 9.18 Å². The molecule has 26 heavy (non-hydrogen) atoms. The molecule has 3 N–H and O–H groups in total. The van der Waals surface area contributed by atoms with Gasteiger partial charge in [-0.1, -0.05) is 18.6 Å². The molecule has 6 nitrogen and oxygen atoms in total. The molecule has 0 bridgehead atoms. The molecule has 7 heteroatoms. The van der Waals surface area contributed by atoms with Crippen molar-refractivity contribution in [2.24, 2.45) is 10.4 Å². The standard InChI is InChI=1S/C19H29FN4O2/c1-21-18(24-14-19(8-5-9-19)10-13-26-2)23-12-11-22-17(25)15-6-3-4-7-16(15)20/h3-4,6-7H,5,8-14H2,1-2H3,(H,22,25)(H2,21,23,24). The third-order valence-corrected chi connectivity index (χ3v) is 4.93. The molecule has 0 unspecified atom stereocenters. The topological polar surface area (TPSA) is 74.8 Å². The van der Waals surface area contributed by atoms with Crippen LogP contribution in [0.15, 0.2) is 29.3 Å². The van der Waals surface area contributed by atoms with E-state index in [1.54, 1.807) is 26.3 Å². The zero-order chi connectivity index (χ0) is 18.8. The van der Waals surface area contributed by atoms with Crippen molar-refractivity contribution in [2.75, 3.05) is 40.4 Å². The summed E-state index contributed by atoms with van der Waals surface area (Å²) in [5, 5.41) is 9.23. The first-order valence-corrected chi connectivity index (χ1v) is 9.06. The van der Waals surface area contributed by atoms with E-state index in [1.807, 2.05) is 0 Å². The molecular formula is C19H29FN4O2. The lowest BCUT2D eigenvalue weighted by atomic mass is 9.67. The Balaban J connectivity index is 1.69. The second kappa shape index (κ2) is 10.1. The van der Waals surface area contributed by atoms with Crippen LogP contribution >= 0.6 is 0 Å². The van der Waals surface area contributed by atoms with Crippen molar-refractivity contribution in [1.29, 1.82) is 0 Å². The molecule has 1 aromatic carbocycles. The van der Waals surface area contributed by atoms with E-state index in [4.69, 9.17) is 4.74 Å². The normalized spacial score (nSPS) is 15.9. The van der Waals surface area contributed by atoms with E-state index < -0.39 is 11.7 Å². The Morgan fingerprint density at radius 3 is 2.58 bits per heavy atom. The van der Waals surface area contributed by atoms with Crippen molar-refractivity contribution >= 4 is 11.9 Å². The number of aliphatic imine (C=N–C) groups is 1. The molecular weight excluding hydrogens is 335 g/mol. The summed E-state index contributed by atoms with van der Waals surface area (Å²) in [6.45, 7) is 2.51. The highest BCUT2D eigenvalue weighted by atomic mass is 19.1. The SMILES string of the molecule is CN=C(NCCNC(=O)c1ccccc1F)NCC1(CCOC)CCC1. The Morgan fingerprint density at radius 2 is 1.96 bits per heavy atom. The van der Waals surface area contributed by atoms with Crippen LogP contribution in [0.3, 0.4) is 0 Å². The Hall–Kier alpha value is -2.15. The van der Waals surface area contributed by atoms with Gasteiger partial charge in [0.05, 0.1) is 5.56 Å². The summed E-state index contributed by atoms with van der Waals surface area (Å²) in [6.07, 6.45) is 4.73. The van der Waals surface area contributed by atoms with Gasteiger partial charge in [0.1, 0.15) is 5.82 Å². The van der Waals surface area contributed by atoms with Gasteiger partial charge in [-0.05, 0) is 36.8 Å². The molecule has 0 saturated heterocycles. The highest BCUT2D eigenvalue weighted by Gasteiger charge is 2.36. The Morgan fingerprint density at radius 1 is 1.23 bits per heavy atom. The number of guanidine groups is 1. The number of ether oxygens (including phenoxy) is 1. The maximum atomic E-state index is 13.6. The van der Waals surface area contributed by atoms with Crippen molar-refractivity contribution in [3.05, 3.63) is 35.6 Å². The first kappa shape index (κ1) is 20.2. The van der Waals surface area contributed by atoms with Crippen molar-refractivity contribution < 1.29 is 13.9 Å². The van der Waals surface area contributed by atoms with E-state index >= 15 is 0 Å². The van der Waals surface area contributed by atoms with Crippen LogP contribution < -0.4 is 16.0 Å². The van der Waals surface area contributed by atoms with E-state index in [2.05, 4.69) is 20.9 Å². The van der Waals surface area contributed by atoms with Crippen molar-refractivity contribution in [2.45, 2.75) is 25.7 Å². The van der Waals surface area contributed by atoms with Crippen LogP contribution in [0.1, 0.15) is 36.0 Å². The number of hydrogen-bond acceptors (Lipinski definition) is 3. The monoisotopic (exact) mass is 364 g/mol. The minimum Gasteiger partial charge on any atom is -0.385 e. The molecule has 1 saturated carbocycles. The lowest BCUT2D eigenvalue weighted by Crippen LogP contribution is -2.48. The fourth-order valence-corrected chi connectivity index (χ4v) is 3.10. The van der Waals surface area contributed by atoms with Crippen LogP contribution in [0.5, 0.6) is 0 Å². The number of hydrogen-bond donors (Lipinski definition) is 3. The van der Waals surface area contributed by atoms with Gasteiger partial charge in [-0.2, -0.15) is 0 Å². The first-order valence-electron chi connectivity index (χ1n) is 9.06. The first-order chi connectivity index (χ1) is 12.6. The number of benzene rings is 1. The lowest BCUT2D eigenvalue weighted by Gasteiger charge is -2.42. The van der Waals surface area contributed by atoms with E-state index in [1.165, 1.54) is 31.4 Å². The van der Waals surface area contributed by atoms with Crippen LogP contribution in [0.2, 0.25) is 0 Å². The summed E-state index contributed by atoms with van der Waals surface area (Å²) in [7, 11) is 3.45. The number of amides is 1. The molecule has 1 amide bonds. The highest BCUT2D eigenvalue weighted by molar-refractivity contribution is 5.94. The Labute approximate surface area is 154 Å². The summed E-state index contributed by atoms with van der Waals surface area (Å²) in [5.74, 6) is -0.230. The summed E-state index contributed by atoms with van der Waals surface area (Å²) in [6, 6.07) is 5.95. The third-order valence-electron chi connectivity index (χ3n) is 4.93. The second-order valence-corrected chi connectivity index (χ2v) is 6.68. The quantitative estimate of drug-likeness (QED) is 0.356. The van der Waals surface area contributed by atoms with Gasteiger partial charge in [-0.25, -0.2) is 4.39 Å². The molecule has 1 aliphatic rings. The molecule has 0 spiro atoms. The summed E-state index contributed by atoms with van der Waals surface area (Å²) in [4.78, 5) is 16.2. The third kappa shape index (κ3) is 5.69. The lowest BCUT2D eigenvalue weighted by molar-refractivity contribution is 0.0732. The molecule has 0 radical (unpaired) electrons. The average molecular weight is 364 g/mol. The van der Waals surface area contributed by atoms with Crippen LogP contribution in [0, 0.1) is 11.2 Å². The molecule has 1 aromatic rings. The van der Waals surface area contributed by atoms with Gasteiger partial charge in [0.25, 0.3) is 5.91 Å². The fraction of sp³-hybridized carbons (Fsp3) is 0.579. The van der Waals surface area contributed by atoms with Gasteiger partial charge in [-0.3, -0.25) is 9.79 Å². The van der Waals surface area contributed by atoms with E-state index in [0.29, 0.717) is 24.5 Å². The molecule has 0 heterocycles. The Bertz CT molecular complexity index is 617. The number of rotatable bonds is 9. The smallest absolute Gasteiger partial charge is 0.254 e. The summed E-state index contributed by atoms with van der Waals surface area (Å²) in [5.41, 5.74) is 0.354. The highest BCUT2D eigenvalue weighted by Crippen LogP contribution is 2.43. The van der Waals surface area contributed by atoms with Crippen LogP contribution in [0.4, 0.5) is 4.39 Å². The predicted octanol–water partition coefficient (Wildman–Crippen LogP) is 1.93. The molecule has 1 fully saturated rings. The maximum absolute atomic E-state index is 13.6. The number of carbonyl (C=O) groups is 1. The van der Waals surface area contributed by atoms with Crippen LogP contribution in [-0.2, 0) is 4.74 Å². The summed E-state index contributed by atoms with van der Waals surface area (Å²) >= 11 is 0. The number of nitrogens with zero attached hydrogens (tertiary/aromatic N) is 1. The second-order valence-electron chi connectivity index (χ2n) is 6.68. The van der Waals surface area contributed by atoms with Gasteiger partial charge >= 0.3 is 0 Å². The summed E-state index contributed by atoms with van der Waals surface area (Å²) < 4.78 is 18.8. The van der Waals surface area contributed by atoms with Crippen molar-refractivity contribution in [3.63, 3.8) is 0 Å². The fourth-order valence-electron chi connectivity index (χ4n) is 3.10. The van der Waals surface area contributed by atoms with Crippen LogP contribution in [-0.4, -0.2) is 52.3 Å². The van der Waals surface area contributed by atoms with Gasteiger partial charge in [0.15, 0.2) is 5.96 Å². The number of halogens is 1. The predicted molar refractivity (Wildman–Crippen MR) is 101 cm³/mol. The molecule has 0 atom stereocenters. The average Bonchev–Trinajstić information content (AvgIpc) is 2.62. The number of nitrogens with one attached hydrogen (secondary N) is 3. The molecule has 0 aliphatic heterocycles. The van der Waals surface area contributed by atoms with E-state index in [-0.39, 0.29) is 5.56 Å². The number of carbonyl (C=O) groups excluding carboxylic acids is 1. The molecule has 0 aromatic heterocycles. The minimum absolute atomic E-state index is 0.0556. The largest absolute Gasteiger partial charge is 0.385 e. The van der Waals surface area contributed by atoms with Crippen LogP contribution in [0.25, 0.3) is 0 Å². The molecule has 1 aliphatic carbocycles. The number of methoxy groups -OCH3 is 1. The van der Waals surface area contributed by atoms with Gasteiger partial charge in [0.2, 0.25) is 0 Å². The maximum Gasteiger partial charge on any atom is 0.254 e. The zero-order valence-electron chi connectivity index (χ0n) is 15.6. The van der Waals surface area contributed by atoms with Gasteiger partial charge < -0.3 is 20.7 Å². The minimum atomic E-state index is -0.516. The van der Waals surface area contributed by atoms with Crippen molar-refractivity contribution in [3.8, 4) is 0 Å².